The zero-order valence-corrected chi connectivity index (χ0v) is 22.4. The van der Waals surface area contributed by atoms with Gasteiger partial charge in [-0.25, -0.2) is 27.2 Å². The number of hydrogen-bond donors (Lipinski definition) is 0. The van der Waals surface area contributed by atoms with Gasteiger partial charge in [0.15, 0.2) is 11.6 Å². The van der Waals surface area contributed by atoms with Crippen molar-refractivity contribution in [2.24, 2.45) is 4.99 Å². The van der Waals surface area contributed by atoms with Gasteiger partial charge in [0.05, 0.1) is 36.2 Å². The quantitative estimate of drug-likeness (QED) is 0.433. The van der Waals surface area contributed by atoms with E-state index in [1.54, 1.807) is 24.3 Å². The van der Waals surface area contributed by atoms with Crippen LogP contribution in [0.5, 0.6) is 0 Å². The molecule has 3 aliphatic heterocycles. The third-order valence-electron chi connectivity index (χ3n) is 7.37. The number of aliphatic imine (C=N–C) groups is 1. The van der Waals surface area contributed by atoms with Gasteiger partial charge in [0.1, 0.15) is 5.69 Å². The van der Waals surface area contributed by atoms with E-state index in [0.29, 0.717) is 99.5 Å². The molecule has 11 nitrogen and oxygen atoms in total. The van der Waals surface area contributed by atoms with Gasteiger partial charge in [0, 0.05) is 57.9 Å². The topological polar surface area (TPSA) is 109 Å². The fourth-order valence-corrected chi connectivity index (χ4v) is 6.12. The largest absolute Gasteiger partial charge is 0.378 e. The molecule has 14 heteroatoms. The number of benzene rings is 1. The second kappa shape index (κ2) is 10.5. The first kappa shape index (κ1) is 26.2. The van der Waals surface area contributed by atoms with E-state index in [1.807, 2.05) is 4.90 Å². The summed E-state index contributed by atoms with van der Waals surface area (Å²) in [6.07, 6.45) is -0.402. The number of alkyl halides is 2. The molecule has 2 aromatic heterocycles. The Morgan fingerprint density at radius 2 is 1.74 bits per heavy atom. The van der Waals surface area contributed by atoms with Crippen molar-refractivity contribution >= 4 is 38.4 Å². The molecular formula is C25H30F2N8O3S. The van der Waals surface area contributed by atoms with Crippen LogP contribution in [0.15, 0.2) is 29.3 Å². The maximum Gasteiger partial charge on any atom is 0.296 e. The number of hydrogen-bond acceptors (Lipinski definition) is 9. The lowest BCUT2D eigenvalue weighted by Gasteiger charge is -2.33. The number of para-hydroxylation sites is 2. The van der Waals surface area contributed by atoms with Crippen LogP contribution < -0.4 is 4.90 Å². The first-order valence-corrected chi connectivity index (χ1v) is 14.9. The number of morpholine rings is 1. The number of sulfonamides is 1. The van der Waals surface area contributed by atoms with Gasteiger partial charge in [-0.2, -0.15) is 9.29 Å². The van der Waals surface area contributed by atoms with Gasteiger partial charge in [0.25, 0.3) is 6.43 Å². The Labute approximate surface area is 225 Å². The Bertz CT molecular complexity index is 1510. The first-order chi connectivity index (χ1) is 18.8. The van der Waals surface area contributed by atoms with Gasteiger partial charge in [-0.3, -0.25) is 9.56 Å². The Hall–Kier alpha value is -3.07. The molecule has 1 aromatic carbocycles. The van der Waals surface area contributed by atoms with E-state index in [0.717, 1.165) is 12.3 Å². The highest BCUT2D eigenvalue weighted by Crippen LogP contribution is 2.37. The number of ether oxygens (including phenoxy) is 1. The molecule has 0 spiro atoms. The van der Waals surface area contributed by atoms with E-state index in [1.165, 1.54) is 15.1 Å². The van der Waals surface area contributed by atoms with E-state index in [9.17, 15) is 17.2 Å². The minimum Gasteiger partial charge on any atom is -0.378 e. The minimum absolute atomic E-state index is 0.308. The molecule has 0 bridgehead atoms. The Morgan fingerprint density at radius 3 is 2.46 bits per heavy atom. The van der Waals surface area contributed by atoms with Crippen molar-refractivity contribution in [2.45, 2.75) is 19.3 Å². The van der Waals surface area contributed by atoms with Gasteiger partial charge in [-0.05, 0) is 18.6 Å². The van der Waals surface area contributed by atoms with Gasteiger partial charge < -0.3 is 14.5 Å². The van der Waals surface area contributed by atoms with Crippen LogP contribution in [0.25, 0.3) is 16.9 Å². The fraction of sp³-hybridized carbons (Fsp3) is 0.520. The second-order valence-electron chi connectivity index (χ2n) is 9.95. The van der Waals surface area contributed by atoms with Crippen molar-refractivity contribution in [3.05, 3.63) is 35.8 Å². The highest BCUT2D eigenvalue weighted by molar-refractivity contribution is 7.88. The molecule has 39 heavy (non-hydrogen) atoms. The van der Waals surface area contributed by atoms with Crippen LogP contribution >= 0.6 is 0 Å². The standard InChI is InChI=1S/C25H30F2N8O3S/c1-39(36,37)34-10-8-32(9-11-34)7-6-17-16-19-21(28-17)23(31-25(30-19)33-12-14-38-15-13-33)35-20-5-3-2-4-18(20)29-24(35)22(26)27/h2-5,22H,6-16H2,1H3. The Balaban J connectivity index is 1.32. The molecule has 5 heterocycles. The van der Waals surface area contributed by atoms with Crippen molar-refractivity contribution in [3.63, 3.8) is 0 Å². The van der Waals surface area contributed by atoms with E-state index < -0.39 is 16.4 Å². The van der Waals surface area contributed by atoms with E-state index in [-0.39, 0.29) is 5.82 Å². The number of halogens is 2. The number of piperazine rings is 1. The highest BCUT2D eigenvalue weighted by atomic mass is 32.2. The molecule has 0 unspecified atom stereocenters. The number of imidazole rings is 1. The summed E-state index contributed by atoms with van der Waals surface area (Å²) in [6.45, 7) is 5.26. The first-order valence-electron chi connectivity index (χ1n) is 13.0. The molecular weight excluding hydrogens is 530 g/mol. The van der Waals surface area contributed by atoms with Crippen molar-refractivity contribution in [2.75, 3.05) is 70.2 Å². The number of anilines is 1. The van der Waals surface area contributed by atoms with Crippen molar-refractivity contribution in [3.8, 4) is 5.82 Å². The van der Waals surface area contributed by atoms with Gasteiger partial charge in [-0.15, -0.1) is 0 Å². The van der Waals surface area contributed by atoms with Crippen LogP contribution in [0, 0.1) is 0 Å². The summed E-state index contributed by atoms with van der Waals surface area (Å²) in [5.41, 5.74) is 3.09. The molecule has 0 saturated carbocycles. The SMILES string of the molecule is CS(=O)(=O)N1CCN(CCC2=Nc3c(nc(N4CCOCC4)nc3-n3c(C(F)F)nc4ccccc43)C2)CC1. The molecule has 3 aromatic rings. The van der Waals surface area contributed by atoms with Crippen LogP contribution in [0.2, 0.25) is 0 Å². The predicted octanol–water partition coefficient (Wildman–Crippen LogP) is 2.19. The summed E-state index contributed by atoms with van der Waals surface area (Å²) in [5.74, 6) is 0.401. The van der Waals surface area contributed by atoms with Crippen LogP contribution in [-0.4, -0.2) is 108 Å². The van der Waals surface area contributed by atoms with Crippen LogP contribution in [0.3, 0.4) is 0 Å². The maximum absolute atomic E-state index is 14.2. The van der Waals surface area contributed by atoms with Gasteiger partial charge in [-0.1, -0.05) is 12.1 Å². The normalized spacial score (nSPS) is 19.2. The zero-order valence-electron chi connectivity index (χ0n) is 21.6. The smallest absolute Gasteiger partial charge is 0.296 e. The summed E-state index contributed by atoms with van der Waals surface area (Å²) in [7, 11) is -3.19. The molecule has 208 valence electrons. The number of nitrogens with zero attached hydrogens (tertiary/aromatic N) is 8. The lowest BCUT2D eigenvalue weighted by Crippen LogP contribution is -2.48. The number of aromatic nitrogens is 4. The van der Waals surface area contributed by atoms with Crippen LogP contribution in [0.1, 0.15) is 24.4 Å². The number of fused-ring (bicyclic) bond motifs is 2. The molecule has 0 aliphatic carbocycles. The van der Waals surface area contributed by atoms with Crippen LogP contribution in [-0.2, 0) is 21.2 Å². The fourth-order valence-electron chi connectivity index (χ4n) is 5.29. The van der Waals surface area contributed by atoms with Gasteiger partial charge >= 0.3 is 0 Å². The predicted molar refractivity (Wildman–Crippen MR) is 143 cm³/mol. The lowest BCUT2D eigenvalue weighted by molar-refractivity contribution is 0.122. The molecule has 0 amide bonds. The van der Waals surface area contributed by atoms with E-state index >= 15 is 0 Å². The third-order valence-corrected chi connectivity index (χ3v) is 8.68. The second-order valence-corrected chi connectivity index (χ2v) is 11.9. The maximum atomic E-state index is 14.2. The molecule has 3 aliphatic rings. The molecule has 0 atom stereocenters. The van der Waals surface area contributed by atoms with E-state index in [4.69, 9.17) is 19.7 Å². The Morgan fingerprint density at radius 1 is 1.00 bits per heavy atom. The Kier molecular flexibility index (Phi) is 7.04. The summed E-state index contributed by atoms with van der Waals surface area (Å²) in [4.78, 5) is 22.9. The molecule has 6 rings (SSSR count). The van der Waals surface area contributed by atoms with E-state index in [2.05, 4.69) is 9.88 Å². The van der Waals surface area contributed by atoms with Gasteiger partial charge in [0.2, 0.25) is 16.0 Å². The van der Waals surface area contributed by atoms with Crippen LogP contribution in [0.4, 0.5) is 20.4 Å². The third kappa shape index (κ3) is 5.25. The summed E-state index contributed by atoms with van der Waals surface area (Å²) in [5, 5.41) is 0. The summed E-state index contributed by atoms with van der Waals surface area (Å²) < 4.78 is 60.5. The molecule has 2 fully saturated rings. The van der Waals surface area contributed by atoms with Crippen molar-refractivity contribution in [1.82, 2.24) is 28.7 Å². The average Bonchev–Trinajstić information content (AvgIpc) is 3.53. The summed E-state index contributed by atoms with van der Waals surface area (Å²) >= 11 is 0. The molecule has 0 N–H and O–H groups in total. The highest BCUT2D eigenvalue weighted by Gasteiger charge is 2.30. The summed E-state index contributed by atoms with van der Waals surface area (Å²) in [6, 6.07) is 7.02. The van der Waals surface area contributed by atoms with Crippen molar-refractivity contribution < 1.29 is 21.9 Å². The lowest BCUT2D eigenvalue weighted by atomic mass is 10.1. The minimum atomic E-state index is -3.19. The average molecular weight is 561 g/mol. The molecule has 0 radical (unpaired) electrons. The molecule has 2 saturated heterocycles. The zero-order chi connectivity index (χ0) is 27.1. The monoisotopic (exact) mass is 560 g/mol. The van der Waals surface area contributed by atoms with Crippen molar-refractivity contribution in [1.29, 1.82) is 0 Å². The number of rotatable bonds is 7.